The number of halogens is 2. The van der Waals surface area contributed by atoms with Gasteiger partial charge in [-0.25, -0.2) is 0 Å². The molecule has 0 heterocycles. The highest BCUT2D eigenvalue weighted by molar-refractivity contribution is 9.10. The second kappa shape index (κ2) is 4.96. The SMILES string of the molecule is C/C(=C\c1ccc(Cl)cc1Br)C(C)O. The molecule has 14 heavy (non-hydrogen) atoms. The molecule has 1 rings (SSSR count). The quantitative estimate of drug-likeness (QED) is 0.868. The maximum absolute atomic E-state index is 9.32. The van der Waals surface area contributed by atoms with Crippen molar-refractivity contribution >= 4 is 33.6 Å². The molecule has 76 valence electrons. The molecule has 1 aromatic rings. The fourth-order valence-electron chi connectivity index (χ4n) is 0.984. The fraction of sp³-hybridized carbons (Fsp3) is 0.273. The first-order valence-electron chi connectivity index (χ1n) is 4.32. The highest BCUT2D eigenvalue weighted by Crippen LogP contribution is 2.24. The summed E-state index contributed by atoms with van der Waals surface area (Å²) in [5.41, 5.74) is 1.95. The molecule has 1 atom stereocenters. The Balaban J connectivity index is 3.03. The lowest BCUT2D eigenvalue weighted by Gasteiger charge is -2.05. The van der Waals surface area contributed by atoms with Crippen LogP contribution >= 0.6 is 27.5 Å². The Kier molecular flexibility index (Phi) is 4.17. The van der Waals surface area contributed by atoms with Gasteiger partial charge in [0, 0.05) is 9.50 Å². The van der Waals surface area contributed by atoms with Crippen molar-refractivity contribution in [2.45, 2.75) is 20.0 Å². The minimum absolute atomic E-state index is 0.419. The summed E-state index contributed by atoms with van der Waals surface area (Å²) in [5, 5.41) is 10.0. The second-order valence-corrected chi connectivity index (χ2v) is 4.52. The lowest BCUT2D eigenvalue weighted by molar-refractivity contribution is 0.232. The molecule has 0 aromatic heterocycles. The van der Waals surface area contributed by atoms with Crippen LogP contribution in [-0.4, -0.2) is 11.2 Å². The molecule has 0 spiro atoms. The first-order chi connectivity index (χ1) is 6.50. The van der Waals surface area contributed by atoms with Crippen LogP contribution in [0.5, 0.6) is 0 Å². The Bertz CT molecular complexity index is 358. The maximum Gasteiger partial charge on any atom is 0.0722 e. The normalized spacial score (nSPS) is 14.2. The molecule has 0 fully saturated rings. The van der Waals surface area contributed by atoms with E-state index in [1.165, 1.54) is 0 Å². The van der Waals surface area contributed by atoms with Gasteiger partial charge < -0.3 is 5.11 Å². The lowest BCUT2D eigenvalue weighted by Crippen LogP contribution is -2.00. The molecule has 1 unspecified atom stereocenters. The van der Waals surface area contributed by atoms with Crippen LogP contribution in [0.4, 0.5) is 0 Å². The first kappa shape index (κ1) is 11.8. The minimum Gasteiger partial charge on any atom is -0.389 e. The molecular weight excluding hydrogens is 263 g/mol. The van der Waals surface area contributed by atoms with E-state index in [-0.39, 0.29) is 0 Å². The van der Waals surface area contributed by atoms with Crippen LogP contribution in [0.25, 0.3) is 6.08 Å². The van der Waals surface area contributed by atoms with Crippen molar-refractivity contribution in [3.05, 3.63) is 38.8 Å². The second-order valence-electron chi connectivity index (χ2n) is 3.23. The molecule has 0 aliphatic heterocycles. The summed E-state index contributed by atoms with van der Waals surface area (Å²) >= 11 is 9.23. The van der Waals surface area contributed by atoms with Gasteiger partial charge in [-0.1, -0.05) is 39.7 Å². The molecule has 1 N–H and O–H groups in total. The van der Waals surface area contributed by atoms with Gasteiger partial charge in [-0.15, -0.1) is 0 Å². The van der Waals surface area contributed by atoms with E-state index in [0.29, 0.717) is 5.02 Å². The Morgan fingerprint density at radius 2 is 2.21 bits per heavy atom. The summed E-state index contributed by atoms with van der Waals surface area (Å²) in [6, 6.07) is 5.58. The van der Waals surface area contributed by atoms with Crippen LogP contribution < -0.4 is 0 Å². The summed E-state index contributed by atoms with van der Waals surface area (Å²) in [6.45, 7) is 3.64. The number of aliphatic hydroxyl groups excluding tert-OH is 1. The van der Waals surface area contributed by atoms with E-state index in [1.54, 1.807) is 6.92 Å². The topological polar surface area (TPSA) is 20.2 Å². The predicted molar refractivity (Wildman–Crippen MR) is 64.5 cm³/mol. The number of hydrogen-bond donors (Lipinski definition) is 1. The highest BCUT2D eigenvalue weighted by Gasteiger charge is 2.01. The van der Waals surface area contributed by atoms with E-state index in [4.69, 9.17) is 11.6 Å². The largest absolute Gasteiger partial charge is 0.389 e. The third kappa shape index (κ3) is 3.12. The Morgan fingerprint density at radius 1 is 1.57 bits per heavy atom. The molecule has 0 aliphatic carbocycles. The molecule has 0 saturated carbocycles. The predicted octanol–water partition coefficient (Wildman–Crippen LogP) is 3.89. The third-order valence-electron chi connectivity index (χ3n) is 2.00. The van der Waals surface area contributed by atoms with Gasteiger partial charge in [0.05, 0.1) is 6.10 Å². The molecule has 1 aromatic carbocycles. The average Bonchev–Trinajstić information content (AvgIpc) is 2.09. The van der Waals surface area contributed by atoms with Crippen LogP contribution in [-0.2, 0) is 0 Å². The van der Waals surface area contributed by atoms with Crippen molar-refractivity contribution in [2.24, 2.45) is 0 Å². The third-order valence-corrected chi connectivity index (χ3v) is 2.93. The van der Waals surface area contributed by atoms with Crippen molar-refractivity contribution in [3.8, 4) is 0 Å². The smallest absolute Gasteiger partial charge is 0.0722 e. The molecule has 0 bridgehead atoms. The lowest BCUT2D eigenvalue weighted by atomic mass is 10.1. The molecule has 0 radical (unpaired) electrons. The summed E-state index contributed by atoms with van der Waals surface area (Å²) in [5.74, 6) is 0. The van der Waals surface area contributed by atoms with E-state index in [9.17, 15) is 5.11 Å². The van der Waals surface area contributed by atoms with Crippen LogP contribution in [0, 0.1) is 0 Å². The van der Waals surface area contributed by atoms with Crippen molar-refractivity contribution in [2.75, 3.05) is 0 Å². The van der Waals surface area contributed by atoms with Gasteiger partial charge in [-0.3, -0.25) is 0 Å². The molecule has 0 amide bonds. The highest BCUT2D eigenvalue weighted by atomic mass is 79.9. The van der Waals surface area contributed by atoms with E-state index >= 15 is 0 Å². The number of hydrogen-bond acceptors (Lipinski definition) is 1. The van der Waals surface area contributed by atoms with Gasteiger partial charge >= 0.3 is 0 Å². The van der Waals surface area contributed by atoms with Crippen molar-refractivity contribution in [3.63, 3.8) is 0 Å². The molecular formula is C11H12BrClO. The van der Waals surface area contributed by atoms with Crippen LogP contribution in [0.1, 0.15) is 19.4 Å². The zero-order chi connectivity index (χ0) is 10.7. The monoisotopic (exact) mass is 274 g/mol. The summed E-state index contributed by atoms with van der Waals surface area (Å²) in [6.07, 6.45) is 1.52. The first-order valence-corrected chi connectivity index (χ1v) is 5.49. The van der Waals surface area contributed by atoms with Crippen LogP contribution in [0.2, 0.25) is 5.02 Å². The number of rotatable bonds is 2. The van der Waals surface area contributed by atoms with Gasteiger partial charge in [0.1, 0.15) is 0 Å². The van der Waals surface area contributed by atoms with Crippen LogP contribution in [0.3, 0.4) is 0 Å². The van der Waals surface area contributed by atoms with Gasteiger partial charge in [-0.05, 0) is 37.1 Å². The number of benzene rings is 1. The zero-order valence-electron chi connectivity index (χ0n) is 8.09. The maximum atomic E-state index is 9.32. The van der Waals surface area contributed by atoms with Gasteiger partial charge in [0.25, 0.3) is 0 Å². The Morgan fingerprint density at radius 3 is 2.71 bits per heavy atom. The van der Waals surface area contributed by atoms with Gasteiger partial charge in [-0.2, -0.15) is 0 Å². The van der Waals surface area contributed by atoms with E-state index in [0.717, 1.165) is 15.6 Å². The fourth-order valence-corrected chi connectivity index (χ4v) is 1.78. The summed E-state index contributed by atoms with van der Waals surface area (Å²) in [4.78, 5) is 0. The van der Waals surface area contributed by atoms with Gasteiger partial charge in [0.2, 0.25) is 0 Å². The zero-order valence-corrected chi connectivity index (χ0v) is 10.4. The van der Waals surface area contributed by atoms with Crippen molar-refractivity contribution in [1.29, 1.82) is 0 Å². The van der Waals surface area contributed by atoms with E-state index < -0.39 is 6.10 Å². The summed E-state index contributed by atoms with van der Waals surface area (Å²) in [7, 11) is 0. The van der Waals surface area contributed by atoms with Crippen molar-refractivity contribution < 1.29 is 5.11 Å². The Labute approximate surface area is 97.5 Å². The van der Waals surface area contributed by atoms with Crippen molar-refractivity contribution in [1.82, 2.24) is 0 Å². The van der Waals surface area contributed by atoms with Crippen LogP contribution in [0.15, 0.2) is 28.2 Å². The minimum atomic E-state index is -0.419. The van der Waals surface area contributed by atoms with E-state index in [2.05, 4.69) is 15.9 Å². The van der Waals surface area contributed by atoms with E-state index in [1.807, 2.05) is 31.2 Å². The molecule has 0 saturated heterocycles. The summed E-state index contributed by atoms with van der Waals surface area (Å²) < 4.78 is 0.935. The molecule has 3 heteroatoms. The standard InChI is InChI=1S/C11H12BrClO/c1-7(8(2)14)5-9-3-4-10(13)6-11(9)12/h3-6,8,14H,1-2H3/b7-5+. The Hall–Kier alpha value is -0.310. The number of aliphatic hydroxyl groups is 1. The molecule has 0 aliphatic rings. The van der Waals surface area contributed by atoms with Gasteiger partial charge in [0.15, 0.2) is 0 Å². The average molecular weight is 276 g/mol. The molecule has 1 nitrogen and oxygen atoms in total.